The minimum atomic E-state index is -1.12. The highest BCUT2D eigenvalue weighted by atomic mass is 16.4. The van der Waals surface area contributed by atoms with Gasteiger partial charge in [-0.3, -0.25) is 0 Å². The number of H-pyrrole nitrogens is 1. The lowest BCUT2D eigenvalue weighted by atomic mass is 10.1. The third-order valence-electron chi connectivity index (χ3n) is 3.83. The first-order chi connectivity index (χ1) is 13.7. The van der Waals surface area contributed by atoms with E-state index in [1.807, 2.05) is 30.3 Å². The van der Waals surface area contributed by atoms with Gasteiger partial charge in [-0.05, 0) is 23.4 Å². The molecule has 11 heteroatoms. The van der Waals surface area contributed by atoms with Crippen LogP contribution in [0.1, 0.15) is 16.3 Å². The zero-order valence-corrected chi connectivity index (χ0v) is 14.1. The van der Waals surface area contributed by atoms with Crippen LogP contribution in [0.15, 0.2) is 48.8 Å². The number of tetrazole rings is 1. The van der Waals surface area contributed by atoms with Crippen molar-refractivity contribution >= 4 is 22.9 Å². The predicted octanol–water partition coefficient (Wildman–Crippen LogP) is 1.58. The number of hydrogen-bond donors (Lipinski definition) is 3. The van der Waals surface area contributed by atoms with E-state index in [0.717, 1.165) is 5.56 Å². The second-order valence-corrected chi connectivity index (χ2v) is 5.57. The lowest BCUT2D eigenvalue weighted by Crippen LogP contribution is -2.00. The molecule has 3 aromatic heterocycles. The number of nitrogens with one attached hydrogen (secondary N) is 2. The van der Waals surface area contributed by atoms with Gasteiger partial charge in [-0.25, -0.2) is 14.3 Å². The van der Waals surface area contributed by atoms with Crippen molar-refractivity contribution in [3.05, 3.63) is 60.3 Å². The maximum absolute atomic E-state index is 11.2. The molecule has 0 fully saturated rings. The Labute approximate surface area is 157 Å². The summed E-state index contributed by atoms with van der Waals surface area (Å²) in [6.07, 6.45) is 3.06. The molecule has 11 nitrogen and oxygen atoms in total. The van der Waals surface area contributed by atoms with Crippen LogP contribution in [0.2, 0.25) is 0 Å². The van der Waals surface area contributed by atoms with E-state index >= 15 is 0 Å². The smallest absolute Gasteiger partial charge is 0.356 e. The van der Waals surface area contributed by atoms with E-state index < -0.39 is 5.97 Å². The molecule has 0 saturated carbocycles. The Morgan fingerprint density at radius 2 is 2.21 bits per heavy atom. The molecule has 0 amide bonds. The number of aromatic nitrogens is 7. The van der Waals surface area contributed by atoms with Crippen LogP contribution in [-0.4, -0.2) is 46.3 Å². The Hall–Kier alpha value is -4.59. The number of aromatic amines is 1. The molecule has 0 aliphatic carbocycles. The molecular weight excluding hydrogens is 362 g/mol. The molecule has 0 atom stereocenters. The molecule has 0 aliphatic rings. The number of fused-ring (bicyclic) bond motifs is 1. The number of benzene rings is 1. The van der Waals surface area contributed by atoms with Crippen molar-refractivity contribution in [2.45, 2.75) is 0 Å². The van der Waals surface area contributed by atoms with Gasteiger partial charge in [0.2, 0.25) is 5.82 Å². The number of nitriles is 1. The normalized spacial score (nSPS) is 11.3. The van der Waals surface area contributed by atoms with Gasteiger partial charge in [0.25, 0.3) is 0 Å². The third kappa shape index (κ3) is 3.13. The van der Waals surface area contributed by atoms with Gasteiger partial charge >= 0.3 is 5.97 Å². The van der Waals surface area contributed by atoms with E-state index in [1.54, 1.807) is 12.3 Å². The minimum Gasteiger partial charge on any atom is -0.476 e. The summed E-state index contributed by atoms with van der Waals surface area (Å²) in [6.45, 7) is 0. The summed E-state index contributed by atoms with van der Waals surface area (Å²) in [5.41, 5.74) is 2.70. The van der Waals surface area contributed by atoms with Gasteiger partial charge in [0.1, 0.15) is 11.6 Å². The second-order valence-electron chi connectivity index (χ2n) is 5.57. The first-order valence-electron chi connectivity index (χ1n) is 7.95. The molecule has 0 unspecified atom stereocenters. The lowest BCUT2D eigenvalue weighted by Gasteiger charge is -2.07. The van der Waals surface area contributed by atoms with Crippen molar-refractivity contribution in [2.24, 2.45) is 0 Å². The minimum absolute atomic E-state index is 0.0871. The van der Waals surface area contributed by atoms with E-state index in [2.05, 4.69) is 36.0 Å². The van der Waals surface area contributed by atoms with Crippen LogP contribution >= 0.6 is 0 Å². The van der Waals surface area contributed by atoms with Crippen LogP contribution in [0.5, 0.6) is 0 Å². The van der Waals surface area contributed by atoms with Gasteiger partial charge in [0, 0.05) is 29.7 Å². The zero-order valence-electron chi connectivity index (χ0n) is 14.1. The van der Waals surface area contributed by atoms with Gasteiger partial charge in [-0.2, -0.15) is 15.6 Å². The molecule has 3 heterocycles. The highest BCUT2D eigenvalue weighted by Crippen LogP contribution is 2.23. The zero-order chi connectivity index (χ0) is 19.5. The van der Waals surface area contributed by atoms with E-state index in [9.17, 15) is 10.1 Å². The summed E-state index contributed by atoms with van der Waals surface area (Å²) in [7, 11) is 0. The maximum atomic E-state index is 11.2. The van der Waals surface area contributed by atoms with Crippen molar-refractivity contribution in [1.29, 1.82) is 5.26 Å². The number of hydrogen-bond acceptors (Lipinski definition) is 8. The molecule has 1 aromatic carbocycles. The molecule has 0 saturated heterocycles. The summed E-state index contributed by atoms with van der Waals surface area (Å²) in [5, 5.41) is 38.8. The Kier molecular flexibility index (Phi) is 4.19. The lowest BCUT2D eigenvalue weighted by molar-refractivity contribution is 0.0690. The Bertz CT molecular complexity index is 1240. The van der Waals surface area contributed by atoms with Crippen LogP contribution in [-0.2, 0) is 0 Å². The maximum Gasteiger partial charge on any atom is 0.356 e. The largest absolute Gasteiger partial charge is 0.476 e. The third-order valence-corrected chi connectivity index (χ3v) is 3.83. The van der Waals surface area contributed by atoms with Crippen LogP contribution in [0, 0.1) is 11.3 Å². The average Bonchev–Trinajstić information content (AvgIpc) is 3.38. The van der Waals surface area contributed by atoms with Crippen LogP contribution in [0.4, 0.5) is 5.69 Å². The first kappa shape index (κ1) is 16.9. The average molecular weight is 373 g/mol. The SMILES string of the molecule is N#CC(=CNc1cccc(-c2ccnc3cc(C(=O)O)nn23)c1)c1nn[nH]n1. The summed E-state index contributed by atoms with van der Waals surface area (Å²) in [6, 6.07) is 12.5. The molecule has 3 N–H and O–H groups in total. The molecule has 136 valence electrons. The van der Waals surface area contributed by atoms with Crippen LogP contribution < -0.4 is 5.32 Å². The number of carboxylic acids is 1. The molecule has 4 aromatic rings. The van der Waals surface area contributed by atoms with Gasteiger partial charge in [0.15, 0.2) is 11.3 Å². The summed E-state index contributed by atoms with van der Waals surface area (Å²) in [5.74, 6) is -0.942. The van der Waals surface area contributed by atoms with Gasteiger partial charge in [-0.1, -0.05) is 12.1 Å². The van der Waals surface area contributed by atoms with Gasteiger partial charge in [-0.15, -0.1) is 10.2 Å². The fraction of sp³-hybridized carbons (Fsp3) is 0. The topological polar surface area (TPSA) is 158 Å². The van der Waals surface area contributed by atoms with Crippen molar-refractivity contribution < 1.29 is 9.90 Å². The van der Waals surface area contributed by atoms with Crippen LogP contribution in [0.25, 0.3) is 22.5 Å². The van der Waals surface area contributed by atoms with Crippen molar-refractivity contribution in [2.75, 3.05) is 5.32 Å². The molecule has 0 aliphatic heterocycles. The number of rotatable bonds is 5. The summed E-state index contributed by atoms with van der Waals surface area (Å²) in [4.78, 5) is 15.3. The standard InChI is InChI=1S/C17H11N9O2/c18-8-11(16-21-24-25-22-16)9-20-12-3-1-2-10(6-12)14-4-5-19-15-7-13(17(27)28)23-26(14)15/h1-7,9,20H,(H,27,28)(H,21,22,24,25). The highest BCUT2D eigenvalue weighted by Gasteiger charge is 2.13. The van der Waals surface area contributed by atoms with E-state index in [1.165, 1.54) is 16.8 Å². The Morgan fingerprint density at radius 3 is 2.96 bits per heavy atom. The molecule has 4 rings (SSSR count). The number of carbonyl (C=O) groups is 1. The quantitative estimate of drug-likeness (QED) is 0.442. The van der Waals surface area contributed by atoms with Crippen molar-refractivity contribution in [1.82, 2.24) is 35.2 Å². The molecule has 0 spiro atoms. The summed E-state index contributed by atoms with van der Waals surface area (Å²) >= 11 is 0. The molecule has 28 heavy (non-hydrogen) atoms. The summed E-state index contributed by atoms with van der Waals surface area (Å²) < 4.78 is 1.47. The Morgan fingerprint density at radius 1 is 1.32 bits per heavy atom. The molecule has 0 radical (unpaired) electrons. The fourth-order valence-corrected chi connectivity index (χ4v) is 2.56. The number of nitrogens with zero attached hydrogens (tertiary/aromatic N) is 7. The number of anilines is 1. The first-order valence-corrected chi connectivity index (χ1v) is 7.95. The van der Waals surface area contributed by atoms with Gasteiger partial charge < -0.3 is 10.4 Å². The highest BCUT2D eigenvalue weighted by molar-refractivity contribution is 5.87. The van der Waals surface area contributed by atoms with E-state index in [-0.39, 0.29) is 17.1 Å². The van der Waals surface area contributed by atoms with Crippen molar-refractivity contribution in [3.8, 4) is 17.3 Å². The number of aromatic carboxylic acids is 1. The van der Waals surface area contributed by atoms with Gasteiger partial charge in [0.05, 0.1) is 5.69 Å². The molecule has 0 bridgehead atoms. The number of allylic oxidation sites excluding steroid dienone is 1. The Balaban J connectivity index is 1.69. The van der Waals surface area contributed by atoms with Crippen LogP contribution in [0.3, 0.4) is 0 Å². The number of carboxylic acid groups (broad SMARTS) is 1. The fourth-order valence-electron chi connectivity index (χ4n) is 2.56. The van der Waals surface area contributed by atoms with Crippen molar-refractivity contribution in [3.63, 3.8) is 0 Å². The van der Waals surface area contributed by atoms with E-state index in [4.69, 9.17) is 5.11 Å². The predicted molar refractivity (Wildman–Crippen MR) is 96.8 cm³/mol. The monoisotopic (exact) mass is 373 g/mol. The molecular formula is C17H11N9O2. The van der Waals surface area contributed by atoms with E-state index in [0.29, 0.717) is 17.0 Å². The second kappa shape index (κ2) is 6.96.